The first-order valence-electron chi connectivity index (χ1n) is 8.90. The van der Waals surface area contributed by atoms with Crippen LogP contribution in [-0.2, 0) is 19.1 Å². The normalized spacial score (nSPS) is 29.9. The molecule has 1 aromatic heterocycles. The Labute approximate surface area is 156 Å². The van der Waals surface area contributed by atoms with Crippen LogP contribution in [0.3, 0.4) is 0 Å². The molecule has 2 aliphatic heterocycles. The Kier molecular flexibility index (Phi) is 4.11. The van der Waals surface area contributed by atoms with Gasteiger partial charge in [-0.15, -0.1) is 0 Å². The summed E-state index contributed by atoms with van der Waals surface area (Å²) in [7, 11) is 0. The minimum Gasteiger partial charge on any atom is -0.468 e. The molecule has 2 saturated heterocycles. The summed E-state index contributed by atoms with van der Waals surface area (Å²) >= 11 is 0. The van der Waals surface area contributed by atoms with Crippen molar-refractivity contribution in [1.29, 1.82) is 0 Å². The molecule has 27 heavy (non-hydrogen) atoms. The van der Waals surface area contributed by atoms with Gasteiger partial charge in [0.05, 0.1) is 36.4 Å². The highest BCUT2D eigenvalue weighted by molar-refractivity contribution is 6.24. The van der Waals surface area contributed by atoms with Crippen LogP contribution in [0.15, 0.2) is 53.1 Å². The molecule has 0 radical (unpaired) electrons. The third kappa shape index (κ3) is 2.49. The molecule has 2 amide bonds. The quantitative estimate of drug-likeness (QED) is 0.656. The second-order valence-corrected chi connectivity index (χ2v) is 6.91. The van der Waals surface area contributed by atoms with E-state index in [1.54, 1.807) is 50.2 Å². The van der Waals surface area contributed by atoms with E-state index in [-0.39, 0.29) is 12.5 Å². The van der Waals surface area contributed by atoms with Crippen LogP contribution < -0.4 is 10.2 Å². The van der Waals surface area contributed by atoms with Crippen LogP contribution in [0.2, 0.25) is 0 Å². The van der Waals surface area contributed by atoms with E-state index >= 15 is 0 Å². The number of benzene rings is 1. The summed E-state index contributed by atoms with van der Waals surface area (Å²) in [6.45, 7) is 3.50. The monoisotopic (exact) mass is 368 g/mol. The Morgan fingerprint density at radius 3 is 2.56 bits per heavy atom. The number of carbonyl (C=O) groups is 3. The predicted molar refractivity (Wildman–Crippen MR) is 95.5 cm³/mol. The largest absolute Gasteiger partial charge is 0.468 e. The lowest BCUT2D eigenvalue weighted by molar-refractivity contribution is -0.153. The zero-order valence-corrected chi connectivity index (χ0v) is 15.0. The fraction of sp³-hybridized carbons (Fsp3) is 0.350. The second kappa shape index (κ2) is 6.35. The Hall–Kier alpha value is -2.93. The van der Waals surface area contributed by atoms with Gasteiger partial charge in [0, 0.05) is 0 Å². The summed E-state index contributed by atoms with van der Waals surface area (Å²) in [6.07, 6.45) is 1.50. The summed E-state index contributed by atoms with van der Waals surface area (Å²) < 4.78 is 10.7. The number of hydrogen-bond donors (Lipinski definition) is 1. The fourth-order valence-corrected chi connectivity index (χ4v) is 4.15. The van der Waals surface area contributed by atoms with Crippen molar-refractivity contribution in [2.75, 3.05) is 11.5 Å². The lowest BCUT2D eigenvalue weighted by atomic mass is 9.81. The molecule has 4 atom stereocenters. The number of nitrogens with zero attached hydrogens (tertiary/aromatic N) is 1. The van der Waals surface area contributed by atoms with E-state index in [0.717, 1.165) is 0 Å². The van der Waals surface area contributed by atoms with Crippen LogP contribution >= 0.6 is 0 Å². The Morgan fingerprint density at radius 1 is 1.19 bits per heavy atom. The van der Waals surface area contributed by atoms with Crippen molar-refractivity contribution in [3.8, 4) is 0 Å². The molecule has 0 bridgehead atoms. The van der Waals surface area contributed by atoms with Gasteiger partial charge in [0.1, 0.15) is 11.3 Å². The molecule has 1 aromatic carbocycles. The highest BCUT2D eigenvalue weighted by Gasteiger charge is 2.67. The van der Waals surface area contributed by atoms with Gasteiger partial charge in [-0.05, 0) is 38.1 Å². The zero-order valence-electron chi connectivity index (χ0n) is 15.0. The minimum atomic E-state index is -1.32. The van der Waals surface area contributed by atoms with Gasteiger partial charge < -0.3 is 9.15 Å². The second-order valence-electron chi connectivity index (χ2n) is 6.91. The van der Waals surface area contributed by atoms with Gasteiger partial charge in [0.25, 0.3) is 0 Å². The summed E-state index contributed by atoms with van der Waals surface area (Å²) in [5, 5.41) is 3.15. The fourth-order valence-electron chi connectivity index (χ4n) is 4.15. The molecule has 1 N–H and O–H groups in total. The highest BCUT2D eigenvalue weighted by Crippen LogP contribution is 2.49. The van der Waals surface area contributed by atoms with Crippen molar-refractivity contribution in [2.24, 2.45) is 11.8 Å². The molecule has 7 heteroatoms. The average Bonchev–Trinajstić information content (AvgIpc) is 3.34. The first kappa shape index (κ1) is 17.5. The number of para-hydroxylation sites is 1. The van der Waals surface area contributed by atoms with Crippen LogP contribution in [0.5, 0.6) is 0 Å². The first-order valence-corrected chi connectivity index (χ1v) is 8.90. The van der Waals surface area contributed by atoms with Gasteiger partial charge in [0.15, 0.2) is 0 Å². The van der Waals surface area contributed by atoms with Crippen molar-refractivity contribution in [3.05, 3.63) is 54.5 Å². The number of carbonyl (C=O) groups excluding carboxylic acids is 3. The molecular formula is C20H20N2O5. The van der Waals surface area contributed by atoms with Gasteiger partial charge in [-0.25, -0.2) is 4.90 Å². The van der Waals surface area contributed by atoms with E-state index in [4.69, 9.17) is 9.15 Å². The van der Waals surface area contributed by atoms with Crippen molar-refractivity contribution < 1.29 is 23.5 Å². The third-order valence-corrected chi connectivity index (χ3v) is 5.35. The SMILES string of the molecule is CCOC(=O)[C@]1(C)N[C@H](c2ccco2)[C@@H]2C(=O)N(c3ccccc3)C(=O)[C@H]21. The van der Waals surface area contributed by atoms with Gasteiger partial charge in [-0.3, -0.25) is 19.7 Å². The molecule has 7 nitrogen and oxygen atoms in total. The van der Waals surface area contributed by atoms with E-state index in [1.165, 1.54) is 11.2 Å². The number of imide groups is 1. The number of nitrogens with one attached hydrogen (secondary N) is 1. The summed E-state index contributed by atoms with van der Waals surface area (Å²) in [5.41, 5.74) is -0.833. The number of fused-ring (bicyclic) bond motifs is 1. The van der Waals surface area contributed by atoms with Crippen LogP contribution in [0, 0.1) is 11.8 Å². The molecule has 0 aliphatic carbocycles. The van der Waals surface area contributed by atoms with Crippen LogP contribution in [0.1, 0.15) is 25.6 Å². The maximum atomic E-state index is 13.3. The minimum absolute atomic E-state index is 0.184. The van der Waals surface area contributed by atoms with Crippen molar-refractivity contribution >= 4 is 23.5 Å². The molecule has 2 fully saturated rings. The average molecular weight is 368 g/mol. The Bertz CT molecular complexity index is 879. The number of rotatable bonds is 4. The first-order chi connectivity index (χ1) is 13.0. The molecule has 2 aromatic rings. The van der Waals surface area contributed by atoms with Crippen LogP contribution in [0.25, 0.3) is 0 Å². The van der Waals surface area contributed by atoms with Gasteiger partial charge in [-0.1, -0.05) is 18.2 Å². The zero-order chi connectivity index (χ0) is 19.2. The summed E-state index contributed by atoms with van der Waals surface area (Å²) in [6, 6.07) is 11.6. The molecule has 0 spiro atoms. The molecule has 4 rings (SSSR count). The van der Waals surface area contributed by atoms with E-state index in [1.807, 2.05) is 6.07 Å². The maximum Gasteiger partial charge on any atom is 0.326 e. The van der Waals surface area contributed by atoms with Crippen molar-refractivity contribution in [2.45, 2.75) is 25.4 Å². The van der Waals surface area contributed by atoms with Crippen LogP contribution in [-0.4, -0.2) is 29.9 Å². The van der Waals surface area contributed by atoms with E-state index < -0.39 is 35.3 Å². The molecule has 2 aliphatic rings. The van der Waals surface area contributed by atoms with E-state index in [9.17, 15) is 14.4 Å². The Balaban J connectivity index is 1.81. The van der Waals surface area contributed by atoms with E-state index in [2.05, 4.69) is 5.32 Å². The lowest BCUT2D eigenvalue weighted by Crippen LogP contribution is -2.54. The van der Waals surface area contributed by atoms with Gasteiger partial charge in [0.2, 0.25) is 11.8 Å². The summed E-state index contributed by atoms with van der Waals surface area (Å²) in [5.74, 6) is -2.43. The number of esters is 1. The molecule has 3 heterocycles. The molecular weight excluding hydrogens is 348 g/mol. The predicted octanol–water partition coefficient (Wildman–Crippen LogP) is 2.05. The summed E-state index contributed by atoms with van der Waals surface area (Å²) in [4.78, 5) is 40.4. The van der Waals surface area contributed by atoms with Gasteiger partial charge in [-0.2, -0.15) is 0 Å². The molecule has 0 saturated carbocycles. The number of hydrogen-bond acceptors (Lipinski definition) is 6. The molecule has 0 unspecified atom stereocenters. The van der Waals surface area contributed by atoms with Crippen molar-refractivity contribution in [1.82, 2.24) is 5.32 Å². The topological polar surface area (TPSA) is 88.8 Å². The number of furan rings is 1. The third-order valence-electron chi connectivity index (χ3n) is 5.35. The Morgan fingerprint density at radius 2 is 1.93 bits per heavy atom. The highest BCUT2D eigenvalue weighted by atomic mass is 16.5. The maximum absolute atomic E-state index is 13.3. The lowest BCUT2D eigenvalue weighted by Gasteiger charge is -2.28. The number of ether oxygens (including phenoxy) is 1. The van der Waals surface area contributed by atoms with Crippen LogP contribution in [0.4, 0.5) is 5.69 Å². The van der Waals surface area contributed by atoms with Crippen molar-refractivity contribution in [3.63, 3.8) is 0 Å². The standard InChI is InChI=1S/C20H20N2O5/c1-3-26-19(25)20(2)15-14(16(21-20)13-10-7-11-27-13)17(23)22(18(15)24)12-8-5-4-6-9-12/h4-11,14-16,21H,3H2,1-2H3/t14-,15+,16-,20-/m1/s1. The molecule has 140 valence electrons. The van der Waals surface area contributed by atoms with E-state index in [0.29, 0.717) is 11.4 Å². The number of anilines is 1. The van der Waals surface area contributed by atoms with Gasteiger partial charge >= 0.3 is 5.97 Å². The smallest absolute Gasteiger partial charge is 0.326 e. The number of amides is 2.